The van der Waals surface area contributed by atoms with Crippen LogP contribution in [-0.4, -0.2) is 49.5 Å². The Morgan fingerprint density at radius 2 is 2.24 bits per heavy atom. The highest BCUT2D eigenvalue weighted by molar-refractivity contribution is 7.92. The highest BCUT2D eigenvalue weighted by Gasteiger charge is 2.61. The van der Waals surface area contributed by atoms with Gasteiger partial charge in [0.05, 0.1) is 11.6 Å². The first-order chi connectivity index (χ1) is 9.79. The first-order valence-corrected chi connectivity index (χ1v) is 7.21. The molecular formula is C12H11N3O5S. The van der Waals surface area contributed by atoms with Crippen LogP contribution in [0.3, 0.4) is 0 Å². The molecule has 0 bridgehead atoms. The predicted octanol–water partition coefficient (Wildman–Crippen LogP) is -1.16. The largest absolute Gasteiger partial charge is 0.614 e. The second-order valence-corrected chi connectivity index (χ2v) is 6.06. The topological polar surface area (TPSA) is 134 Å². The lowest BCUT2D eigenvalue weighted by molar-refractivity contribution is -0.150. The molecule has 0 radical (unpaired) electrons. The molecule has 0 aromatic rings. The van der Waals surface area contributed by atoms with Gasteiger partial charge < -0.3 is 15.0 Å². The number of carbonyl (C=O) groups excluding carboxylic acids is 2. The lowest BCUT2D eigenvalue weighted by Crippen LogP contribution is -2.74. The molecule has 1 saturated heterocycles. The Balaban J connectivity index is 2.45. The number of amides is 2. The minimum absolute atomic E-state index is 0.0193. The summed E-state index contributed by atoms with van der Waals surface area (Å²) in [6.07, 6.45) is 0. The minimum atomic E-state index is -1.63. The van der Waals surface area contributed by atoms with Crippen LogP contribution >= 0.6 is 0 Å². The second kappa shape index (κ2) is 5.23. The molecule has 3 atom stereocenters. The van der Waals surface area contributed by atoms with E-state index >= 15 is 0 Å². The van der Waals surface area contributed by atoms with E-state index in [4.69, 9.17) is 5.26 Å². The van der Waals surface area contributed by atoms with E-state index in [1.54, 1.807) is 6.07 Å². The quantitative estimate of drug-likeness (QED) is 0.384. The van der Waals surface area contributed by atoms with Gasteiger partial charge in [-0.3, -0.25) is 14.5 Å². The van der Waals surface area contributed by atoms with E-state index in [9.17, 15) is 24.0 Å². The Labute approximate surface area is 122 Å². The Kier molecular flexibility index (Phi) is 3.76. The van der Waals surface area contributed by atoms with Gasteiger partial charge in [-0.05, 0) is 11.2 Å². The molecule has 2 N–H and O–H groups in total. The summed E-state index contributed by atoms with van der Waals surface area (Å²) in [4.78, 5) is 35.3. The molecule has 2 heterocycles. The van der Waals surface area contributed by atoms with Crippen molar-refractivity contribution in [3.8, 4) is 6.07 Å². The molecule has 0 spiro atoms. The Hall–Kier alpha value is -2.31. The Bertz CT molecular complexity index is 635. The van der Waals surface area contributed by atoms with E-state index in [1.807, 2.05) is 0 Å². The molecule has 2 rings (SSSR count). The maximum atomic E-state index is 12.2. The molecular weight excluding hydrogens is 298 g/mol. The summed E-state index contributed by atoms with van der Waals surface area (Å²) in [6, 6.07) is 0.695. The monoisotopic (exact) mass is 309 g/mol. The summed E-state index contributed by atoms with van der Waals surface area (Å²) in [7, 11) is 0. The maximum Gasteiger partial charge on any atom is 0.353 e. The lowest BCUT2D eigenvalue weighted by atomic mass is 10.00. The van der Waals surface area contributed by atoms with Gasteiger partial charge in [0.25, 0.3) is 5.91 Å². The van der Waals surface area contributed by atoms with E-state index in [-0.39, 0.29) is 16.9 Å². The number of nitrogens with one attached hydrogen (secondary N) is 1. The molecule has 2 unspecified atom stereocenters. The van der Waals surface area contributed by atoms with Gasteiger partial charge in [0, 0.05) is 12.5 Å². The number of carboxylic acids is 1. The number of carbonyl (C=O) groups is 3. The first-order valence-electron chi connectivity index (χ1n) is 5.82. The third kappa shape index (κ3) is 2.28. The number of aliphatic carboxylic acids is 1. The smallest absolute Gasteiger partial charge is 0.353 e. The van der Waals surface area contributed by atoms with Crippen LogP contribution in [0.5, 0.6) is 0 Å². The van der Waals surface area contributed by atoms with Crippen LogP contribution in [-0.2, 0) is 25.6 Å². The van der Waals surface area contributed by atoms with Crippen molar-refractivity contribution < 1.29 is 24.0 Å². The van der Waals surface area contributed by atoms with Crippen LogP contribution in [0.4, 0.5) is 0 Å². The van der Waals surface area contributed by atoms with Crippen LogP contribution in [0, 0.1) is 11.3 Å². The average molecular weight is 309 g/mol. The van der Waals surface area contributed by atoms with Gasteiger partial charge in [-0.2, -0.15) is 5.26 Å². The minimum Gasteiger partial charge on any atom is -0.614 e. The number of nitrogens with zero attached hydrogens (tertiary/aromatic N) is 2. The highest BCUT2D eigenvalue weighted by atomic mass is 32.2. The zero-order valence-corrected chi connectivity index (χ0v) is 11.8. The van der Waals surface area contributed by atoms with Crippen molar-refractivity contribution in [3.63, 3.8) is 0 Å². The second-order valence-electron chi connectivity index (χ2n) is 4.52. The summed E-state index contributed by atoms with van der Waals surface area (Å²) in [5, 5.41) is 19.5. The fraction of sp³-hybridized carbons (Fsp3) is 0.333. The van der Waals surface area contributed by atoms with Crippen LogP contribution in [0.1, 0.15) is 6.92 Å². The van der Waals surface area contributed by atoms with Crippen molar-refractivity contribution in [2.24, 2.45) is 0 Å². The van der Waals surface area contributed by atoms with Crippen molar-refractivity contribution in [1.29, 1.82) is 5.26 Å². The molecule has 8 nitrogen and oxygen atoms in total. The van der Waals surface area contributed by atoms with Gasteiger partial charge in [0.2, 0.25) is 11.3 Å². The van der Waals surface area contributed by atoms with Crippen LogP contribution in [0.2, 0.25) is 0 Å². The number of rotatable bonds is 3. The van der Waals surface area contributed by atoms with Crippen molar-refractivity contribution in [3.05, 3.63) is 23.4 Å². The molecule has 21 heavy (non-hydrogen) atoms. The molecule has 9 heteroatoms. The highest BCUT2D eigenvalue weighted by Crippen LogP contribution is 2.38. The Morgan fingerprint density at radius 1 is 1.62 bits per heavy atom. The summed E-state index contributed by atoms with van der Waals surface area (Å²) in [5.41, 5.74) is -0.554. The average Bonchev–Trinajstić information content (AvgIpc) is 2.42. The van der Waals surface area contributed by atoms with Gasteiger partial charge in [0.15, 0.2) is 6.04 Å². The lowest BCUT2D eigenvalue weighted by Gasteiger charge is -2.48. The Morgan fingerprint density at radius 3 is 2.71 bits per heavy atom. The van der Waals surface area contributed by atoms with Crippen LogP contribution in [0.25, 0.3) is 0 Å². The summed E-state index contributed by atoms with van der Waals surface area (Å²) in [5.74, 6) is -2.74. The zero-order chi connectivity index (χ0) is 15.9. The first kappa shape index (κ1) is 15.1. The van der Waals surface area contributed by atoms with Crippen LogP contribution < -0.4 is 5.32 Å². The molecule has 1 fully saturated rings. The van der Waals surface area contributed by atoms with Gasteiger partial charge in [-0.15, -0.1) is 0 Å². The van der Waals surface area contributed by atoms with Gasteiger partial charge in [-0.25, -0.2) is 4.79 Å². The SMILES string of the molecule is C=C(C#N)C1=C(C(=O)O)N2C(=O)C(NC(C)=O)[C@H]2[S+]([O-])C1. The van der Waals surface area contributed by atoms with Gasteiger partial charge in [0.1, 0.15) is 11.4 Å². The van der Waals surface area contributed by atoms with Crippen molar-refractivity contribution in [1.82, 2.24) is 10.2 Å². The molecule has 0 aromatic heterocycles. The van der Waals surface area contributed by atoms with Crippen molar-refractivity contribution in [2.45, 2.75) is 18.3 Å². The fourth-order valence-electron chi connectivity index (χ4n) is 2.29. The van der Waals surface area contributed by atoms with Crippen molar-refractivity contribution >= 4 is 29.0 Å². The molecule has 0 saturated carbocycles. The number of hydrogen-bond acceptors (Lipinski definition) is 5. The number of nitriles is 1. The number of β-lactam (4-membered cyclic amide) rings is 1. The standard InChI is InChI=1S/C12H11N3O5S/c1-5(3-13)7-4-21(20)11-8(14-6(2)16)10(17)15(11)9(7)12(18)19/h8,11H,1,4H2,2H3,(H,14,16)(H,18,19)/t8?,11-,21?/m1/s1. The molecule has 2 amide bonds. The van der Waals surface area contributed by atoms with E-state index in [1.165, 1.54) is 6.92 Å². The van der Waals surface area contributed by atoms with Gasteiger partial charge >= 0.3 is 5.97 Å². The predicted molar refractivity (Wildman–Crippen MR) is 70.7 cm³/mol. The third-order valence-corrected chi connectivity index (χ3v) is 4.78. The molecule has 2 aliphatic rings. The maximum absolute atomic E-state index is 12.2. The van der Waals surface area contributed by atoms with Crippen molar-refractivity contribution in [2.75, 3.05) is 5.75 Å². The number of hydrogen-bond donors (Lipinski definition) is 2. The van der Waals surface area contributed by atoms with Gasteiger partial charge in [-0.1, -0.05) is 6.58 Å². The molecule has 110 valence electrons. The molecule has 0 aromatic carbocycles. The third-order valence-electron chi connectivity index (χ3n) is 3.19. The summed E-state index contributed by atoms with van der Waals surface area (Å²) in [6.45, 7) is 4.62. The number of fused-ring (bicyclic) bond motifs is 1. The van der Waals surface area contributed by atoms with Crippen LogP contribution in [0.15, 0.2) is 23.4 Å². The summed E-state index contributed by atoms with van der Waals surface area (Å²) >= 11 is -1.63. The normalized spacial score (nSPS) is 27.4. The molecule has 0 aliphatic carbocycles. The summed E-state index contributed by atoms with van der Waals surface area (Å²) < 4.78 is 12.2. The number of carboxylic acid groups (broad SMARTS) is 1. The molecule has 2 aliphatic heterocycles. The van der Waals surface area contributed by atoms with E-state index in [0.29, 0.717) is 0 Å². The number of allylic oxidation sites excluding steroid dienone is 1. The van der Waals surface area contributed by atoms with E-state index in [0.717, 1.165) is 4.90 Å². The zero-order valence-electron chi connectivity index (χ0n) is 11.0. The van der Waals surface area contributed by atoms with E-state index < -0.39 is 46.1 Å². The van der Waals surface area contributed by atoms with E-state index in [2.05, 4.69) is 11.9 Å². The fourth-order valence-corrected chi connectivity index (χ4v) is 3.99.